The molecule has 1 unspecified atom stereocenters. The number of furan rings is 1. The van der Waals surface area contributed by atoms with E-state index in [1.54, 1.807) is 12.1 Å². The molecule has 1 heterocycles. The first-order valence-electron chi connectivity index (χ1n) is 6.04. The van der Waals surface area contributed by atoms with Crippen molar-refractivity contribution in [1.82, 2.24) is 4.90 Å². The van der Waals surface area contributed by atoms with Gasteiger partial charge >= 0.3 is 6.18 Å². The molecule has 0 aliphatic heterocycles. The van der Waals surface area contributed by atoms with Crippen LogP contribution in [0.5, 0.6) is 0 Å². The minimum Gasteiger partial charge on any atom is -0.468 e. The van der Waals surface area contributed by atoms with Crippen molar-refractivity contribution in [3.63, 3.8) is 0 Å². The van der Waals surface area contributed by atoms with Crippen LogP contribution in [0.3, 0.4) is 0 Å². The molecule has 1 saturated carbocycles. The van der Waals surface area contributed by atoms with Gasteiger partial charge in [0.25, 0.3) is 0 Å². The quantitative estimate of drug-likeness (QED) is 0.856. The van der Waals surface area contributed by atoms with E-state index in [2.05, 4.69) is 0 Å². The molecule has 1 fully saturated rings. The Hall–Kier alpha value is -1.01. The predicted octanol–water partition coefficient (Wildman–Crippen LogP) is 2.38. The molecule has 102 valence electrons. The summed E-state index contributed by atoms with van der Waals surface area (Å²) in [7, 11) is 0. The van der Waals surface area contributed by atoms with Gasteiger partial charge in [0.05, 0.1) is 18.7 Å². The van der Waals surface area contributed by atoms with Crippen molar-refractivity contribution in [3.8, 4) is 0 Å². The van der Waals surface area contributed by atoms with Gasteiger partial charge in [-0.3, -0.25) is 4.90 Å². The molecule has 6 heteroatoms. The van der Waals surface area contributed by atoms with E-state index in [-0.39, 0.29) is 19.1 Å². The lowest BCUT2D eigenvalue weighted by Crippen LogP contribution is -2.41. The fourth-order valence-electron chi connectivity index (χ4n) is 1.98. The van der Waals surface area contributed by atoms with Crippen LogP contribution in [0.15, 0.2) is 22.8 Å². The maximum Gasteiger partial charge on any atom is 0.394 e. The Bertz CT molecular complexity index is 360. The summed E-state index contributed by atoms with van der Waals surface area (Å²) in [6.45, 7) is 0.000484. The average Bonchev–Trinajstić information content (AvgIpc) is 3.01. The second-order valence-electron chi connectivity index (χ2n) is 4.71. The number of hydrogen-bond acceptors (Lipinski definition) is 3. The average molecular weight is 262 g/mol. The SMILES string of the molecule is NCC(CN(Cc1ccco1)C1CC1)C(F)(F)F. The Labute approximate surface area is 104 Å². The van der Waals surface area contributed by atoms with E-state index in [0.29, 0.717) is 12.3 Å². The maximum atomic E-state index is 12.7. The van der Waals surface area contributed by atoms with Gasteiger partial charge in [-0.1, -0.05) is 0 Å². The molecule has 0 bridgehead atoms. The van der Waals surface area contributed by atoms with Gasteiger partial charge in [0.15, 0.2) is 0 Å². The zero-order valence-electron chi connectivity index (χ0n) is 9.99. The molecule has 3 nitrogen and oxygen atoms in total. The zero-order chi connectivity index (χ0) is 13.2. The van der Waals surface area contributed by atoms with E-state index in [1.807, 2.05) is 4.90 Å². The van der Waals surface area contributed by atoms with Crippen LogP contribution in [0.25, 0.3) is 0 Å². The molecule has 1 atom stereocenters. The van der Waals surface area contributed by atoms with Crippen molar-refractivity contribution >= 4 is 0 Å². The monoisotopic (exact) mass is 262 g/mol. The first-order valence-corrected chi connectivity index (χ1v) is 6.04. The lowest BCUT2D eigenvalue weighted by molar-refractivity contribution is -0.177. The third kappa shape index (κ3) is 3.49. The number of nitrogens with zero attached hydrogens (tertiary/aromatic N) is 1. The lowest BCUT2D eigenvalue weighted by atomic mass is 10.1. The molecule has 1 aliphatic carbocycles. The lowest BCUT2D eigenvalue weighted by Gasteiger charge is -2.27. The molecule has 2 N–H and O–H groups in total. The normalized spacial score (nSPS) is 18.3. The molecule has 0 spiro atoms. The van der Waals surface area contributed by atoms with Gasteiger partial charge in [0, 0.05) is 19.1 Å². The summed E-state index contributed by atoms with van der Waals surface area (Å²) in [6, 6.07) is 3.76. The van der Waals surface area contributed by atoms with Crippen molar-refractivity contribution in [3.05, 3.63) is 24.2 Å². The topological polar surface area (TPSA) is 42.4 Å². The highest BCUT2D eigenvalue weighted by atomic mass is 19.4. The van der Waals surface area contributed by atoms with E-state index >= 15 is 0 Å². The molecule has 0 saturated heterocycles. The molecule has 1 aromatic rings. The van der Waals surface area contributed by atoms with Crippen LogP contribution in [0, 0.1) is 5.92 Å². The van der Waals surface area contributed by atoms with Crippen LogP contribution in [0.4, 0.5) is 13.2 Å². The summed E-state index contributed by atoms with van der Waals surface area (Å²) >= 11 is 0. The predicted molar refractivity (Wildman–Crippen MR) is 60.7 cm³/mol. The summed E-state index contributed by atoms with van der Waals surface area (Å²) in [5.74, 6) is -0.770. The summed E-state index contributed by atoms with van der Waals surface area (Å²) in [6.07, 6.45) is -0.790. The number of rotatable bonds is 6. The van der Waals surface area contributed by atoms with Crippen LogP contribution in [0.1, 0.15) is 18.6 Å². The second kappa shape index (κ2) is 5.32. The van der Waals surface area contributed by atoms with Gasteiger partial charge in [-0.15, -0.1) is 0 Å². The van der Waals surface area contributed by atoms with Gasteiger partial charge in [-0.25, -0.2) is 0 Å². The molecule has 1 aromatic heterocycles. The van der Waals surface area contributed by atoms with E-state index in [9.17, 15) is 13.2 Å². The fraction of sp³-hybridized carbons (Fsp3) is 0.667. The smallest absolute Gasteiger partial charge is 0.394 e. The summed E-state index contributed by atoms with van der Waals surface area (Å²) < 4.78 is 43.3. The van der Waals surface area contributed by atoms with Crippen molar-refractivity contribution in [2.75, 3.05) is 13.1 Å². The highest BCUT2D eigenvalue weighted by molar-refractivity contribution is 5.00. The highest BCUT2D eigenvalue weighted by Crippen LogP contribution is 2.33. The molecule has 0 radical (unpaired) electrons. The molecular weight excluding hydrogens is 245 g/mol. The Balaban J connectivity index is 1.97. The largest absolute Gasteiger partial charge is 0.468 e. The third-order valence-electron chi connectivity index (χ3n) is 3.20. The Morgan fingerprint density at radius 2 is 2.17 bits per heavy atom. The Morgan fingerprint density at radius 1 is 1.44 bits per heavy atom. The fourth-order valence-corrected chi connectivity index (χ4v) is 1.98. The molecular formula is C12H17F3N2O. The van der Waals surface area contributed by atoms with Crippen molar-refractivity contribution in [2.45, 2.75) is 31.6 Å². The first-order chi connectivity index (χ1) is 8.50. The minimum atomic E-state index is -4.23. The van der Waals surface area contributed by atoms with E-state index < -0.39 is 12.1 Å². The number of halogens is 3. The number of nitrogens with two attached hydrogens (primary N) is 1. The summed E-state index contributed by atoms with van der Waals surface area (Å²) in [4.78, 5) is 1.82. The van der Waals surface area contributed by atoms with Gasteiger partial charge in [-0.2, -0.15) is 13.2 Å². The van der Waals surface area contributed by atoms with Gasteiger partial charge in [0.2, 0.25) is 0 Å². The molecule has 0 aromatic carbocycles. The molecule has 1 aliphatic rings. The van der Waals surface area contributed by atoms with Crippen molar-refractivity contribution < 1.29 is 17.6 Å². The zero-order valence-corrected chi connectivity index (χ0v) is 9.99. The highest BCUT2D eigenvalue weighted by Gasteiger charge is 2.42. The summed E-state index contributed by atoms with van der Waals surface area (Å²) in [5.41, 5.74) is 5.23. The van der Waals surface area contributed by atoms with Crippen LogP contribution >= 0.6 is 0 Å². The van der Waals surface area contributed by atoms with Crippen LogP contribution < -0.4 is 5.73 Å². The maximum absolute atomic E-state index is 12.7. The minimum absolute atomic E-state index is 0.0502. The first kappa shape index (κ1) is 13.4. The standard InChI is InChI=1S/C12H17F3N2O/c13-12(14,15)9(6-16)7-17(10-3-4-10)8-11-2-1-5-18-11/h1-2,5,9-10H,3-4,6-8,16H2. The van der Waals surface area contributed by atoms with E-state index in [1.165, 1.54) is 6.26 Å². The van der Waals surface area contributed by atoms with Gasteiger partial charge < -0.3 is 10.2 Å². The third-order valence-corrected chi connectivity index (χ3v) is 3.20. The second-order valence-corrected chi connectivity index (χ2v) is 4.71. The van der Waals surface area contributed by atoms with E-state index in [4.69, 9.17) is 10.2 Å². The van der Waals surface area contributed by atoms with Crippen LogP contribution in [-0.4, -0.2) is 30.2 Å². The van der Waals surface area contributed by atoms with Gasteiger partial charge in [-0.05, 0) is 25.0 Å². The van der Waals surface area contributed by atoms with Crippen LogP contribution in [-0.2, 0) is 6.54 Å². The Kier molecular flexibility index (Phi) is 3.97. The molecule has 18 heavy (non-hydrogen) atoms. The summed E-state index contributed by atoms with van der Waals surface area (Å²) in [5, 5.41) is 0. The molecule has 0 amide bonds. The van der Waals surface area contributed by atoms with Crippen LogP contribution in [0.2, 0.25) is 0 Å². The number of hydrogen-bond donors (Lipinski definition) is 1. The Morgan fingerprint density at radius 3 is 2.61 bits per heavy atom. The van der Waals surface area contributed by atoms with Crippen molar-refractivity contribution in [1.29, 1.82) is 0 Å². The van der Waals surface area contributed by atoms with Gasteiger partial charge in [0.1, 0.15) is 5.76 Å². The van der Waals surface area contributed by atoms with Crippen molar-refractivity contribution in [2.24, 2.45) is 11.7 Å². The number of alkyl halides is 3. The van der Waals surface area contributed by atoms with E-state index in [0.717, 1.165) is 12.8 Å². The molecule has 2 rings (SSSR count).